The molecular weight excluding hydrogens is 361 g/mol. The first-order chi connectivity index (χ1) is 12.3. The van der Waals surface area contributed by atoms with Crippen LogP contribution in [0.5, 0.6) is 0 Å². The van der Waals surface area contributed by atoms with Crippen molar-refractivity contribution in [2.24, 2.45) is 0 Å². The third-order valence-electron chi connectivity index (χ3n) is 4.88. The zero-order valence-corrected chi connectivity index (χ0v) is 15.3. The van der Waals surface area contributed by atoms with Crippen LogP contribution in [0.15, 0.2) is 29.6 Å². The highest BCUT2D eigenvalue weighted by Gasteiger charge is 2.36. The Bertz CT molecular complexity index is 915. The van der Waals surface area contributed by atoms with Crippen molar-refractivity contribution in [2.75, 3.05) is 13.1 Å². The second-order valence-corrected chi connectivity index (χ2v) is 7.86. The summed E-state index contributed by atoms with van der Waals surface area (Å²) in [5, 5.41) is 6.12. The van der Waals surface area contributed by atoms with E-state index in [1.54, 1.807) is 18.2 Å². The highest BCUT2D eigenvalue weighted by Crippen LogP contribution is 2.35. The van der Waals surface area contributed by atoms with E-state index in [4.69, 9.17) is 0 Å². The van der Waals surface area contributed by atoms with Gasteiger partial charge in [0.25, 0.3) is 0 Å². The van der Waals surface area contributed by atoms with Crippen LogP contribution in [0.4, 0.5) is 13.2 Å². The van der Waals surface area contributed by atoms with Crippen LogP contribution in [0.25, 0.3) is 16.2 Å². The van der Waals surface area contributed by atoms with Gasteiger partial charge in [0.1, 0.15) is 0 Å². The SMILES string of the molecule is CC(C)N1CC[C@@H](c2cc3nc(-c4cccs4)cc(C(F)(F)F)n3n2)C1. The summed E-state index contributed by atoms with van der Waals surface area (Å²) in [5.74, 6) is 0.144. The number of alkyl halides is 3. The fourth-order valence-electron chi connectivity index (χ4n) is 3.44. The molecule has 4 heterocycles. The van der Waals surface area contributed by atoms with E-state index in [1.807, 2.05) is 5.38 Å². The first-order valence-electron chi connectivity index (χ1n) is 8.59. The Morgan fingerprint density at radius 3 is 2.69 bits per heavy atom. The van der Waals surface area contributed by atoms with E-state index in [0.29, 0.717) is 22.3 Å². The van der Waals surface area contributed by atoms with Crippen molar-refractivity contribution in [3.8, 4) is 10.6 Å². The van der Waals surface area contributed by atoms with Gasteiger partial charge in [0, 0.05) is 24.6 Å². The normalized spacial score (nSPS) is 19.1. The minimum atomic E-state index is -4.49. The quantitative estimate of drug-likeness (QED) is 0.662. The van der Waals surface area contributed by atoms with Crippen molar-refractivity contribution < 1.29 is 13.2 Å². The van der Waals surface area contributed by atoms with Gasteiger partial charge in [-0.2, -0.15) is 18.3 Å². The molecule has 4 nitrogen and oxygen atoms in total. The van der Waals surface area contributed by atoms with Crippen LogP contribution in [0.2, 0.25) is 0 Å². The number of thiophene rings is 1. The van der Waals surface area contributed by atoms with Gasteiger partial charge in [0.05, 0.1) is 16.3 Å². The Kier molecular flexibility index (Phi) is 4.27. The van der Waals surface area contributed by atoms with Crippen molar-refractivity contribution in [1.82, 2.24) is 19.5 Å². The van der Waals surface area contributed by atoms with Crippen molar-refractivity contribution in [2.45, 2.75) is 38.4 Å². The van der Waals surface area contributed by atoms with E-state index in [9.17, 15) is 13.2 Å². The number of rotatable bonds is 3. The monoisotopic (exact) mass is 380 g/mol. The Morgan fingerprint density at radius 1 is 1.27 bits per heavy atom. The molecule has 3 aromatic heterocycles. The number of fused-ring (bicyclic) bond motifs is 1. The lowest BCUT2D eigenvalue weighted by molar-refractivity contribution is -0.142. The molecule has 0 radical (unpaired) electrons. The van der Waals surface area contributed by atoms with Crippen LogP contribution < -0.4 is 0 Å². The zero-order valence-electron chi connectivity index (χ0n) is 14.5. The van der Waals surface area contributed by atoms with Gasteiger partial charge in [-0.1, -0.05) is 6.07 Å². The predicted octanol–water partition coefficient (Wildman–Crippen LogP) is 4.67. The molecule has 1 atom stereocenters. The molecule has 4 rings (SSSR count). The van der Waals surface area contributed by atoms with Gasteiger partial charge in [-0.15, -0.1) is 11.3 Å². The maximum Gasteiger partial charge on any atom is 0.433 e. The average Bonchev–Trinajstić information content (AvgIpc) is 3.30. The third kappa shape index (κ3) is 3.12. The summed E-state index contributed by atoms with van der Waals surface area (Å²) in [4.78, 5) is 7.47. The first-order valence-corrected chi connectivity index (χ1v) is 9.47. The number of nitrogens with zero attached hydrogens (tertiary/aromatic N) is 4. The van der Waals surface area contributed by atoms with Crippen molar-refractivity contribution in [1.29, 1.82) is 0 Å². The molecule has 1 aliphatic heterocycles. The fourth-order valence-corrected chi connectivity index (χ4v) is 4.13. The molecule has 1 aliphatic rings. The fraction of sp³-hybridized carbons (Fsp3) is 0.444. The number of aromatic nitrogens is 3. The maximum atomic E-state index is 13.6. The highest BCUT2D eigenvalue weighted by molar-refractivity contribution is 7.13. The largest absolute Gasteiger partial charge is 0.433 e. The molecule has 0 amide bonds. The first kappa shape index (κ1) is 17.5. The van der Waals surface area contributed by atoms with Gasteiger partial charge in [-0.3, -0.25) is 0 Å². The second-order valence-electron chi connectivity index (χ2n) is 6.92. The summed E-state index contributed by atoms with van der Waals surface area (Å²) in [7, 11) is 0. The average molecular weight is 380 g/mol. The number of likely N-dealkylation sites (tertiary alicyclic amines) is 1. The van der Waals surface area contributed by atoms with Gasteiger partial charge in [0.15, 0.2) is 11.3 Å². The molecular formula is C18H19F3N4S. The summed E-state index contributed by atoms with van der Waals surface area (Å²) < 4.78 is 41.8. The summed E-state index contributed by atoms with van der Waals surface area (Å²) in [6.07, 6.45) is -3.59. The van der Waals surface area contributed by atoms with Crippen molar-refractivity contribution >= 4 is 17.0 Å². The molecule has 1 saturated heterocycles. The van der Waals surface area contributed by atoms with Crippen LogP contribution in [0.3, 0.4) is 0 Å². The Hall–Kier alpha value is -1.93. The molecule has 26 heavy (non-hydrogen) atoms. The molecule has 138 valence electrons. The van der Waals surface area contributed by atoms with Gasteiger partial charge < -0.3 is 4.90 Å². The molecule has 0 N–H and O–H groups in total. The molecule has 0 aromatic carbocycles. The van der Waals surface area contributed by atoms with Gasteiger partial charge >= 0.3 is 6.18 Å². The molecule has 0 bridgehead atoms. The molecule has 0 spiro atoms. The van der Waals surface area contributed by atoms with Crippen molar-refractivity contribution in [3.63, 3.8) is 0 Å². The highest BCUT2D eigenvalue weighted by atomic mass is 32.1. The van der Waals surface area contributed by atoms with Crippen LogP contribution in [-0.4, -0.2) is 38.6 Å². The summed E-state index contributed by atoms with van der Waals surface area (Å²) in [6, 6.07) is 6.80. The van der Waals surface area contributed by atoms with Crippen LogP contribution in [0.1, 0.15) is 37.6 Å². The molecule has 0 unspecified atom stereocenters. The van der Waals surface area contributed by atoms with E-state index in [1.165, 1.54) is 11.3 Å². The van der Waals surface area contributed by atoms with Crippen LogP contribution in [0, 0.1) is 0 Å². The summed E-state index contributed by atoms with van der Waals surface area (Å²) in [5.41, 5.74) is 0.494. The van der Waals surface area contributed by atoms with Gasteiger partial charge in [-0.05, 0) is 44.3 Å². The Morgan fingerprint density at radius 2 is 2.08 bits per heavy atom. The van der Waals surface area contributed by atoms with Crippen LogP contribution in [-0.2, 0) is 6.18 Å². The summed E-state index contributed by atoms with van der Waals surface area (Å²) in [6.45, 7) is 6.02. The lowest BCUT2D eigenvalue weighted by atomic mass is 10.1. The van der Waals surface area contributed by atoms with E-state index in [2.05, 4.69) is 28.8 Å². The van der Waals surface area contributed by atoms with Gasteiger partial charge in [0.2, 0.25) is 0 Å². The number of halogens is 3. The number of hydrogen-bond donors (Lipinski definition) is 0. The standard InChI is InChI=1S/C18H19F3N4S/c1-11(2)24-6-5-12(10-24)13-9-17-22-14(15-4-3-7-26-15)8-16(18(19,20)21)25(17)23-13/h3-4,7-9,11-12H,5-6,10H2,1-2H3/t12-/m1/s1. The van der Waals surface area contributed by atoms with Crippen molar-refractivity contribution in [3.05, 3.63) is 41.0 Å². The minimum absolute atomic E-state index is 0.144. The Balaban J connectivity index is 1.79. The molecule has 3 aromatic rings. The molecule has 0 saturated carbocycles. The van der Waals surface area contributed by atoms with E-state index >= 15 is 0 Å². The maximum absolute atomic E-state index is 13.6. The van der Waals surface area contributed by atoms with Gasteiger partial charge in [-0.25, -0.2) is 9.50 Å². The lowest BCUT2D eigenvalue weighted by Crippen LogP contribution is -2.27. The predicted molar refractivity (Wildman–Crippen MR) is 95.4 cm³/mol. The van der Waals surface area contributed by atoms with E-state index < -0.39 is 11.9 Å². The second kappa shape index (κ2) is 6.35. The minimum Gasteiger partial charge on any atom is -0.300 e. The Labute approximate surface area is 153 Å². The number of hydrogen-bond acceptors (Lipinski definition) is 4. The zero-order chi connectivity index (χ0) is 18.5. The topological polar surface area (TPSA) is 33.4 Å². The molecule has 1 fully saturated rings. The molecule has 8 heteroatoms. The van der Waals surface area contributed by atoms with E-state index in [-0.39, 0.29) is 11.6 Å². The van der Waals surface area contributed by atoms with E-state index in [0.717, 1.165) is 30.1 Å². The van der Waals surface area contributed by atoms with Crippen LogP contribution >= 0.6 is 11.3 Å². The third-order valence-corrected chi connectivity index (χ3v) is 5.77. The summed E-state index contributed by atoms with van der Waals surface area (Å²) >= 11 is 1.37. The molecule has 0 aliphatic carbocycles. The lowest BCUT2D eigenvalue weighted by Gasteiger charge is -2.19. The smallest absolute Gasteiger partial charge is 0.300 e.